The molecule has 454 valence electrons. The molecule has 0 aliphatic carbocycles. The van der Waals surface area contributed by atoms with E-state index in [0.29, 0.717) is 19.3 Å². The molecule has 0 aromatic heterocycles. The Morgan fingerprint density at radius 2 is 0.759 bits per heavy atom. The molecule has 0 aromatic carbocycles. The first-order valence-corrected chi connectivity index (χ1v) is 31.9. The van der Waals surface area contributed by atoms with Crippen LogP contribution in [0.25, 0.3) is 0 Å². The molecule has 0 spiro atoms. The number of carboxylic acids is 1. The number of hydrogen-bond donors (Lipinski definition) is 3. The minimum Gasteiger partial charge on any atom is -0.479 e. The molecule has 0 bridgehead atoms. The first-order valence-electron chi connectivity index (χ1n) is 31.9. The lowest BCUT2D eigenvalue weighted by molar-refractivity contribution is -0.301. The number of carbonyl (C=O) groups is 4. The van der Waals surface area contributed by atoms with Gasteiger partial charge in [0.2, 0.25) is 0 Å². The summed E-state index contributed by atoms with van der Waals surface area (Å²) in [6.45, 7) is 5.93. The quantitative estimate of drug-likeness (QED) is 0.0228. The van der Waals surface area contributed by atoms with Gasteiger partial charge >= 0.3 is 23.9 Å². The summed E-state index contributed by atoms with van der Waals surface area (Å²) in [5.74, 6) is -3.16. The average Bonchev–Trinajstić information content (AvgIpc) is 3.46. The van der Waals surface area contributed by atoms with Crippen LogP contribution in [0.5, 0.6) is 0 Å². The number of allylic oxidation sites excluding steroid dienone is 12. The van der Waals surface area contributed by atoms with Gasteiger partial charge < -0.3 is 39.0 Å². The first-order chi connectivity index (χ1) is 38.6. The van der Waals surface area contributed by atoms with E-state index >= 15 is 0 Å². The summed E-state index contributed by atoms with van der Waals surface area (Å²) in [5, 5.41) is 31.5. The van der Waals surface area contributed by atoms with Crippen molar-refractivity contribution >= 4 is 23.9 Å². The van der Waals surface area contributed by atoms with Gasteiger partial charge in [0.25, 0.3) is 0 Å². The van der Waals surface area contributed by atoms with Crippen molar-refractivity contribution in [1.82, 2.24) is 0 Å². The summed E-state index contributed by atoms with van der Waals surface area (Å²) in [6, 6.07) is 0. The first kappa shape index (κ1) is 73.2. The van der Waals surface area contributed by atoms with Crippen molar-refractivity contribution in [3.05, 3.63) is 72.9 Å². The van der Waals surface area contributed by atoms with Crippen molar-refractivity contribution in [1.29, 1.82) is 0 Å². The van der Waals surface area contributed by atoms with Crippen molar-refractivity contribution in [2.75, 3.05) is 13.2 Å². The van der Waals surface area contributed by atoms with E-state index in [0.717, 1.165) is 135 Å². The van der Waals surface area contributed by atoms with E-state index in [1.165, 1.54) is 83.5 Å². The number of esters is 3. The number of carboxylic acid groups (broad SMARTS) is 1. The molecule has 6 unspecified atom stereocenters. The van der Waals surface area contributed by atoms with E-state index in [1.807, 2.05) is 0 Å². The molecule has 1 aliphatic heterocycles. The van der Waals surface area contributed by atoms with Crippen molar-refractivity contribution in [3.8, 4) is 0 Å². The molecular formula is C67H114O12. The number of carbonyl (C=O) groups excluding carboxylic acids is 3. The van der Waals surface area contributed by atoms with Crippen LogP contribution >= 0.6 is 0 Å². The zero-order valence-electron chi connectivity index (χ0n) is 50.1. The summed E-state index contributed by atoms with van der Waals surface area (Å²) < 4.78 is 28.5. The fraction of sp³-hybridized carbons (Fsp3) is 0.761. The molecule has 0 amide bonds. The molecule has 1 heterocycles. The van der Waals surface area contributed by atoms with Crippen LogP contribution in [0.2, 0.25) is 0 Å². The summed E-state index contributed by atoms with van der Waals surface area (Å²) in [4.78, 5) is 51.3. The maximum absolute atomic E-state index is 13.2. The lowest BCUT2D eigenvalue weighted by atomic mass is 9.98. The molecule has 1 saturated heterocycles. The molecule has 6 atom stereocenters. The van der Waals surface area contributed by atoms with Crippen LogP contribution in [0.1, 0.15) is 278 Å². The lowest BCUT2D eigenvalue weighted by Gasteiger charge is -2.40. The summed E-state index contributed by atoms with van der Waals surface area (Å²) in [6.07, 6.45) is 57.1. The molecule has 12 nitrogen and oxygen atoms in total. The number of hydrogen-bond acceptors (Lipinski definition) is 11. The average molecular weight is 1110 g/mol. The molecule has 1 rings (SSSR count). The third-order valence-corrected chi connectivity index (χ3v) is 14.2. The van der Waals surface area contributed by atoms with Crippen LogP contribution in [0.4, 0.5) is 0 Å². The predicted octanol–water partition coefficient (Wildman–Crippen LogP) is 16.9. The van der Waals surface area contributed by atoms with Crippen LogP contribution in [0, 0.1) is 0 Å². The Bertz CT molecular complexity index is 1650. The van der Waals surface area contributed by atoms with E-state index in [-0.39, 0.29) is 25.9 Å². The maximum atomic E-state index is 13.2. The second kappa shape index (κ2) is 54.7. The fourth-order valence-corrected chi connectivity index (χ4v) is 9.28. The van der Waals surface area contributed by atoms with Gasteiger partial charge in [0.1, 0.15) is 18.8 Å². The molecule has 0 aromatic rings. The molecule has 1 aliphatic rings. The number of rotatable bonds is 54. The smallest absolute Gasteiger partial charge is 0.335 e. The molecule has 0 saturated carbocycles. The third kappa shape index (κ3) is 44.5. The monoisotopic (exact) mass is 1110 g/mol. The Labute approximate surface area is 480 Å². The van der Waals surface area contributed by atoms with Crippen LogP contribution in [-0.4, -0.2) is 89.2 Å². The van der Waals surface area contributed by atoms with E-state index in [9.17, 15) is 34.5 Å². The number of aliphatic hydroxyl groups excluding tert-OH is 2. The molecule has 12 heteroatoms. The summed E-state index contributed by atoms with van der Waals surface area (Å²) >= 11 is 0. The largest absolute Gasteiger partial charge is 0.479 e. The highest BCUT2D eigenvalue weighted by Gasteiger charge is 2.50. The predicted molar refractivity (Wildman–Crippen MR) is 322 cm³/mol. The Kier molecular flexibility index (Phi) is 50.7. The van der Waals surface area contributed by atoms with Crippen LogP contribution in [0.3, 0.4) is 0 Å². The summed E-state index contributed by atoms with van der Waals surface area (Å²) in [5.41, 5.74) is 0. The number of aliphatic hydroxyl groups is 2. The topological polar surface area (TPSA) is 175 Å². The van der Waals surface area contributed by atoms with Gasteiger partial charge in [-0.15, -0.1) is 0 Å². The lowest BCUT2D eigenvalue weighted by Crippen LogP contribution is -2.61. The minimum atomic E-state index is -1.91. The van der Waals surface area contributed by atoms with Crippen LogP contribution in [0.15, 0.2) is 72.9 Å². The Morgan fingerprint density at radius 3 is 1.19 bits per heavy atom. The van der Waals surface area contributed by atoms with Gasteiger partial charge in [0, 0.05) is 19.3 Å². The zero-order valence-corrected chi connectivity index (χ0v) is 50.1. The highest BCUT2D eigenvalue weighted by molar-refractivity contribution is 5.74. The van der Waals surface area contributed by atoms with Crippen molar-refractivity contribution in [2.45, 2.75) is 314 Å². The molecule has 0 radical (unpaired) electrons. The van der Waals surface area contributed by atoms with Gasteiger partial charge in [-0.2, -0.15) is 0 Å². The third-order valence-electron chi connectivity index (χ3n) is 14.2. The zero-order chi connectivity index (χ0) is 57.5. The van der Waals surface area contributed by atoms with E-state index in [1.54, 1.807) is 0 Å². The highest BCUT2D eigenvalue weighted by Crippen LogP contribution is 2.26. The minimum absolute atomic E-state index is 0.0464. The van der Waals surface area contributed by atoms with Crippen molar-refractivity contribution in [2.24, 2.45) is 0 Å². The van der Waals surface area contributed by atoms with E-state index < -0.39 is 67.3 Å². The second-order valence-electron chi connectivity index (χ2n) is 21.7. The molecule has 3 N–H and O–H groups in total. The van der Waals surface area contributed by atoms with Crippen molar-refractivity contribution in [3.63, 3.8) is 0 Å². The number of unbranched alkanes of at least 4 members (excludes halogenated alkanes) is 28. The SMILES string of the molecule is CCCCC/C=C\C/C=C\C/C=C\CCCCCCCCC(=O)OCC(COC1OC(C(=O)O)C(O)C(O)C1OC(=O)CCCCCCC/C=C\CCCCCCCC)OC(=O)CCCCCCC/C=C\C/C=C\CCCCC. The Morgan fingerprint density at radius 1 is 0.418 bits per heavy atom. The van der Waals surface area contributed by atoms with Gasteiger partial charge in [0.05, 0.1) is 6.61 Å². The van der Waals surface area contributed by atoms with E-state index in [4.69, 9.17) is 23.7 Å². The number of aliphatic carboxylic acids is 1. The van der Waals surface area contributed by atoms with Gasteiger partial charge in [-0.3, -0.25) is 14.4 Å². The Hall–Kier alpha value is -3.84. The van der Waals surface area contributed by atoms with Crippen LogP contribution in [-0.2, 0) is 42.9 Å². The standard InChI is InChI=1S/C67H114O12/c1-4-7-10-13-16-19-22-25-28-29-30-31-34-35-38-41-44-47-50-53-59(68)75-56-58(77-60(69)54-51-48-45-42-39-36-32-26-23-20-17-14-11-8-5-2)57-76-67-65(63(72)62(71)64(79-67)66(73)74)78-61(70)55-52-49-46-43-40-37-33-27-24-21-18-15-12-9-6-3/h16-17,19-20,25-28,30-33,58,62-65,67,71-72H,4-15,18,21-24,29,34-57H2,1-3H3,(H,73,74)/b19-16-,20-17-,28-25-,31-30-,32-26-,33-27-. The maximum Gasteiger partial charge on any atom is 0.335 e. The van der Waals surface area contributed by atoms with Gasteiger partial charge in [-0.25, -0.2) is 4.79 Å². The molecular weight excluding hydrogens is 997 g/mol. The number of ether oxygens (including phenoxy) is 5. The van der Waals surface area contributed by atoms with Gasteiger partial charge in [0.15, 0.2) is 24.6 Å². The van der Waals surface area contributed by atoms with Crippen LogP contribution < -0.4 is 0 Å². The van der Waals surface area contributed by atoms with Gasteiger partial charge in [-0.05, 0) is 116 Å². The van der Waals surface area contributed by atoms with Gasteiger partial charge in [-0.1, -0.05) is 216 Å². The Balaban J connectivity index is 2.69. The molecule has 1 fully saturated rings. The molecule has 79 heavy (non-hydrogen) atoms. The normalized spacial score (nSPS) is 18.3. The summed E-state index contributed by atoms with van der Waals surface area (Å²) in [7, 11) is 0. The van der Waals surface area contributed by atoms with Crippen molar-refractivity contribution < 1.29 is 58.2 Å². The second-order valence-corrected chi connectivity index (χ2v) is 21.7. The van der Waals surface area contributed by atoms with E-state index in [2.05, 4.69) is 93.7 Å². The fourth-order valence-electron chi connectivity index (χ4n) is 9.28. The highest BCUT2D eigenvalue weighted by atomic mass is 16.7.